The second-order valence-corrected chi connectivity index (χ2v) is 5.33. The molecule has 4 rings (SSSR count). The number of nitro groups is 1. The molecule has 0 amide bonds. The zero-order chi connectivity index (χ0) is 18.3. The molecule has 3 aromatic heterocycles. The molecule has 2 N–H and O–H groups in total. The number of rotatable bonds is 4. The number of aromatic nitrogens is 5. The Kier molecular flexibility index (Phi) is 3.53. The van der Waals surface area contributed by atoms with Gasteiger partial charge in [-0.05, 0) is 12.1 Å². The van der Waals surface area contributed by atoms with E-state index in [2.05, 4.69) is 20.3 Å². The van der Waals surface area contributed by atoms with Gasteiger partial charge < -0.3 is 10.2 Å². The van der Waals surface area contributed by atoms with Crippen LogP contribution in [0.15, 0.2) is 41.0 Å². The molecule has 130 valence electrons. The predicted octanol–water partition coefficient (Wildman–Crippen LogP) is 2.16. The lowest BCUT2D eigenvalue weighted by atomic mass is 10.2. The van der Waals surface area contributed by atoms with E-state index in [4.69, 9.17) is 10.2 Å². The number of halogens is 1. The molecule has 26 heavy (non-hydrogen) atoms. The summed E-state index contributed by atoms with van der Waals surface area (Å²) in [6, 6.07) is 7.28. The second-order valence-electron chi connectivity index (χ2n) is 5.33. The SMILES string of the molecule is Nc1nc(-c2ccco2)c2nnn(Cc3cccc([N+](=O)[O-])c3F)c2n1. The maximum absolute atomic E-state index is 14.3. The molecule has 0 unspecified atom stereocenters. The van der Waals surface area contributed by atoms with Crippen molar-refractivity contribution in [3.05, 3.63) is 58.1 Å². The number of furan rings is 1. The standard InChI is InChI=1S/C15H10FN7O3/c16-11-8(3-1-4-9(11)23(24)25)7-22-14-13(20-21-22)12(18-15(17)19-14)10-5-2-6-26-10/h1-6H,7H2,(H2,17,18,19). The monoisotopic (exact) mass is 355 g/mol. The first-order valence-corrected chi connectivity index (χ1v) is 7.37. The summed E-state index contributed by atoms with van der Waals surface area (Å²) in [6.45, 7) is -0.113. The van der Waals surface area contributed by atoms with Crippen molar-refractivity contribution < 1.29 is 13.7 Å². The minimum absolute atomic E-state index is 0.0352. The number of nitrogen functional groups attached to an aromatic ring is 1. The van der Waals surface area contributed by atoms with Gasteiger partial charge in [-0.1, -0.05) is 17.3 Å². The van der Waals surface area contributed by atoms with Crippen molar-refractivity contribution in [1.82, 2.24) is 25.0 Å². The summed E-state index contributed by atoms with van der Waals surface area (Å²) in [5.41, 5.74) is 6.14. The van der Waals surface area contributed by atoms with Gasteiger partial charge in [0, 0.05) is 11.6 Å². The molecule has 10 nitrogen and oxygen atoms in total. The van der Waals surface area contributed by atoms with Crippen molar-refractivity contribution in [2.45, 2.75) is 6.54 Å². The van der Waals surface area contributed by atoms with Crippen LogP contribution in [0, 0.1) is 15.9 Å². The lowest BCUT2D eigenvalue weighted by molar-refractivity contribution is -0.387. The van der Waals surface area contributed by atoms with Gasteiger partial charge in [-0.2, -0.15) is 9.37 Å². The van der Waals surface area contributed by atoms with Gasteiger partial charge in [-0.15, -0.1) is 5.10 Å². The quantitative estimate of drug-likeness (QED) is 0.434. The highest BCUT2D eigenvalue weighted by molar-refractivity contribution is 5.85. The number of nitrogens with zero attached hydrogens (tertiary/aromatic N) is 6. The van der Waals surface area contributed by atoms with Crippen LogP contribution in [-0.2, 0) is 6.54 Å². The molecular weight excluding hydrogens is 345 g/mol. The fourth-order valence-corrected chi connectivity index (χ4v) is 2.56. The molecule has 11 heteroatoms. The molecule has 0 fully saturated rings. The normalized spacial score (nSPS) is 11.1. The molecule has 0 saturated heterocycles. The Morgan fingerprint density at radius 2 is 2.12 bits per heavy atom. The van der Waals surface area contributed by atoms with Crippen molar-refractivity contribution >= 4 is 22.8 Å². The number of hydrogen-bond acceptors (Lipinski definition) is 8. The number of nitro benzene ring substituents is 1. The third-order valence-electron chi connectivity index (χ3n) is 3.71. The van der Waals surface area contributed by atoms with Gasteiger partial charge in [0.2, 0.25) is 11.8 Å². The molecule has 0 aliphatic heterocycles. The van der Waals surface area contributed by atoms with Crippen molar-refractivity contribution in [2.24, 2.45) is 0 Å². The number of hydrogen-bond donors (Lipinski definition) is 1. The fourth-order valence-electron chi connectivity index (χ4n) is 2.56. The van der Waals surface area contributed by atoms with Gasteiger partial charge in [0.25, 0.3) is 0 Å². The lowest BCUT2D eigenvalue weighted by Gasteiger charge is -2.05. The smallest absolute Gasteiger partial charge is 0.305 e. The molecule has 0 saturated carbocycles. The van der Waals surface area contributed by atoms with Gasteiger partial charge in [0.15, 0.2) is 16.9 Å². The number of benzene rings is 1. The molecule has 0 aliphatic rings. The minimum Gasteiger partial charge on any atom is -0.463 e. The first-order valence-electron chi connectivity index (χ1n) is 7.37. The summed E-state index contributed by atoms with van der Waals surface area (Å²) in [6.07, 6.45) is 1.47. The molecule has 0 spiro atoms. The third kappa shape index (κ3) is 2.51. The van der Waals surface area contributed by atoms with Crippen LogP contribution in [0.4, 0.5) is 16.0 Å². The Labute approximate surface area is 144 Å². The van der Waals surface area contributed by atoms with Gasteiger partial charge in [-0.3, -0.25) is 10.1 Å². The Morgan fingerprint density at radius 3 is 2.85 bits per heavy atom. The van der Waals surface area contributed by atoms with E-state index in [9.17, 15) is 14.5 Å². The highest BCUT2D eigenvalue weighted by Gasteiger charge is 2.21. The van der Waals surface area contributed by atoms with Crippen LogP contribution in [0.5, 0.6) is 0 Å². The zero-order valence-electron chi connectivity index (χ0n) is 13.0. The van der Waals surface area contributed by atoms with Gasteiger partial charge in [0.05, 0.1) is 17.7 Å². The average molecular weight is 355 g/mol. The van der Waals surface area contributed by atoms with Crippen molar-refractivity contribution in [1.29, 1.82) is 0 Å². The van der Waals surface area contributed by atoms with E-state index in [1.54, 1.807) is 12.1 Å². The Balaban J connectivity index is 1.82. The predicted molar refractivity (Wildman–Crippen MR) is 87.4 cm³/mol. The van der Waals surface area contributed by atoms with Crippen LogP contribution in [0.25, 0.3) is 22.6 Å². The van der Waals surface area contributed by atoms with E-state index < -0.39 is 16.4 Å². The largest absolute Gasteiger partial charge is 0.463 e. The van der Waals surface area contributed by atoms with Gasteiger partial charge >= 0.3 is 5.69 Å². The Morgan fingerprint density at radius 1 is 1.27 bits per heavy atom. The molecular formula is C15H10FN7O3. The van der Waals surface area contributed by atoms with Crippen molar-refractivity contribution in [3.8, 4) is 11.5 Å². The molecule has 0 radical (unpaired) electrons. The zero-order valence-corrected chi connectivity index (χ0v) is 13.0. The molecule has 1 aromatic carbocycles. The van der Waals surface area contributed by atoms with Gasteiger partial charge in [-0.25, -0.2) is 9.67 Å². The van der Waals surface area contributed by atoms with E-state index in [0.29, 0.717) is 17.0 Å². The Hall–Kier alpha value is -3.89. The first-order chi connectivity index (χ1) is 12.5. The number of fused-ring (bicyclic) bond motifs is 1. The average Bonchev–Trinajstić information content (AvgIpc) is 3.26. The number of nitrogens with two attached hydrogens (primary N) is 1. The first kappa shape index (κ1) is 15.6. The molecule has 0 atom stereocenters. The lowest BCUT2D eigenvalue weighted by Crippen LogP contribution is -2.07. The molecule has 3 heterocycles. The molecule has 4 aromatic rings. The van der Waals surface area contributed by atoms with Crippen LogP contribution in [0.1, 0.15) is 5.56 Å². The molecule has 0 aliphatic carbocycles. The van der Waals surface area contributed by atoms with Gasteiger partial charge in [0.1, 0.15) is 5.69 Å². The van der Waals surface area contributed by atoms with Crippen LogP contribution < -0.4 is 5.73 Å². The Bertz CT molecular complexity index is 1120. The van der Waals surface area contributed by atoms with E-state index >= 15 is 0 Å². The van der Waals surface area contributed by atoms with Crippen molar-refractivity contribution in [2.75, 3.05) is 5.73 Å². The van der Waals surface area contributed by atoms with Crippen LogP contribution in [0.3, 0.4) is 0 Å². The topological polar surface area (TPSA) is 139 Å². The highest BCUT2D eigenvalue weighted by Crippen LogP contribution is 2.26. The number of anilines is 1. The van der Waals surface area contributed by atoms with E-state index in [-0.39, 0.29) is 23.7 Å². The van der Waals surface area contributed by atoms with Crippen LogP contribution in [0.2, 0.25) is 0 Å². The fraction of sp³-hybridized carbons (Fsp3) is 0.0667. The maximum atomic E-state index is 14.3. The second kappa shape index (κ2) is 5.88. The highest BCUT2D eigenvalue weighted by atomic mass is 19.1. The summed E-state index contributed by atoms with van der Waals surface area (Å²) in [5.74, 6) is -0.543. The summed E-state index contributed by atoms with van der Waals surface area (Å²) < 4.78 is 20.9. The third-order valence-corrected chi connectivity index (χ3v) is 3.71. The maximum Gasteiger partial charge on any atom is 0.305 e. The summed E-state index contributed by atoms with van der Waals surface area (Å²) in [7, 11) is 0. The summed E-state index contributed by atoms with van der Waals surface area (Å²) in [5, 5.41) is 18.9. The summed E-state index contributed by atoms with van der Waals surface area (Å²) in [4.78, 5) is 18.3. The minimum atomic E-state index is -0.936. The van der Waals surface area contributed by atoms with Crippen LogP contribution >= 0.6 is 0 Å². The van der Waals surface area contributed by atoms with E-state index in [1.165, 1.54) is 23.1 Å². The van der Waals surface area contributed by atoms with Crippen molar-refractivity contribution in [3.63, 3.8) is 0 Å². The van der Waals surface area contributed by atoms with E-state index in [0.717, 1.165) is 6.07 Å². The summed E-state index contributed by atoms with van der Waals surface area (Å²) >= 11 is 0. The van der Waals surface area contributed by atoms with E-state index in [1.807, 2.05) is 0 Å². The molecule has 0 bridgehead atoms. The van der Waals surface area contributed by atoms with Crippen LogP contribution in [-0.4, -0.2) is 29.9 Å².